The Morgan fingerprint density at radius 1 is 1.19 bits per heavy atom. The molecule has 1 aliphatic rings. The lowest BCUT2D eigenvalue weighted by molar-refractivity contribution is -0.131. The quantitative estimate of drug-likeness (QED) is 0.197. The van der Waals surface area contributed by atoms with Crippen molar-refractivity contribution in [1.82, 2.24) is 24.3 Å². The van der Waals surface area contributed by atoms with Gasteiger partial charge in [-0.05, 0) is 37.0 Å². The second-order valence-electron chi connectivity index (χ2n) is 9.06. The number of carbonyl (C=O) groups excluding carboxylic acids is 2. The highest BCUT2D eigenvalue weighted by molar-refractivity contribution is 5.93. The van der Waals surface area contributed by atoms with E-state index >= 15 is 0 Å². The Labute approximate surface area is 213 Å². The molecule has 1 aliphatic carbocycles. The van der Waals surface area contributed by atoms with Gasteiger partial charge in [-0.3, -0.25) is 14.0 Å². The third-order valence-corrected chi connectivity index (χ3v) is 6.69. The molecule has 5 rings (SSSR count). The van der Waals surface area contributed by atoms with E-state index in [1.165, 1.54) is 32.2 Å². The number of para-hydroxylation sites is 1. The average Bonchev–Trinajstić information content (AvgIpc) is 3.67. The average molecular weight is 499 g/mol. The molecule has 0 saturated heterocycles. The number of ether oxygens (including phenoxy) is 2. The molecule has 0 amide bonds. The molecule has 1 saturated carbocycles. The zero-order valence-corrected chi connectivity index (χ0v) is 20.4. The van der Waals surface area contributed by atoms with Crippen molar-refractivity contribution in [2.75, 3.05) is 6.54 Å². The topological polar surface area (TPSA) is 105 Å². The number of hydrogen-bond donors (Lipinski definition) is 0. The minimum atomic E-state index is -0.619. The minimum absolute atomic E-state index is 0.0601. The molecule has 0 N–H and O–H groups in total. The van der Waals surface area contributed by atoms with Crippen molar-refractivity contribution in [3.8, 4) is 17.0 Å². The van der Waals surface area contributed by atoms with Gasteiger partial charge in [-0.1, -0.05) is 25.0 Å². The van der Waals surface area contributed by atoms with E-state index in [1.807, 2.05) is 16.9 Å². The van der Waals surface area contributed by atoms with Crippen molar-refractivity contribution in [3.63, 3.8) is 0 Å². The summed E-state index contributed by atoms with van der Waals surface area (Å²) >= 11 is 0. The molecule has 1 aromatic carbocycles. The lowest BCUT2D eigenvalue weighted by Crippen LogP contribution is -2.20. The molecule has 0 radical (unpaired) electrons. The molecule has 1 atom stereocenters. The molecule has 3 aromatic heterocycles. The van der Waals surface area contributed by atoms with Crippen LogP contribution in [0.15, 0.2) is 55.2 Å². The fraction of sp³-hybridized carbons (Fsp3) is 0.333. The Hall–Kier alpha value is -4.52. The first-order valence-electron chi connectivity index (χ1n) is 12.2. The van der Waals surface area contributed by atoms with Gasteiger partial charge in [-0.2, -0.15) is 5.10 Å². The van der Waals surface area contributed by atoms with Gasteiger partial charge in [0.05, 0.1) is 11.9 Å². The third-order valence-electron chi connectivity index (χ3n) is 6.69. The molecular formula is C27H26N6O4. The molecule has 0 aliphatic heterocycles. The summed E-state index contributed by atoms with van der Waals surface area (Å²) in [7, 11) is 0. The number of carbonyl (C=O) groups is 2. The fourth-order valence-electron chi connectivity index (χ4n) is 4.95. The van der Waals surface area contributed by atoms with Crippen LogP contribution in [-0.2, 0) is 16.3 Å². The smallest absolute Gasteiger partial charge is 0.343 e. The first kappa shape index (κ1) is 24.2. The van der Waals surface area contributed by atoms with Gasteiger partial charge in [0.15, 0.2) is 6.73 Å². The SMILES string of the molecule is [C-]#[N+]C[C@H](C1CCCC1)n1cc(-c2ncnc3c2ccn3COC(=O)c2ccccc2OC(C)=O)cn1. The van der Waals surface area contributed by atoms with Crippen LogP contribution in [0.1, 0.15) is 49.0 Å². The van der Waals surface area contributed by atoms with E-state index in [-0.39, 0.29) is 24.1 Å². The van der Waals surface area contributed by atoms with Crippen LogP contribution in [0.3, 0.4) is 0 Å². The number of benzene rings is 1. The first-order valence-corrected chi connectivity index (χ1v) is 12.2. The highest BCUT2D eigenvalue weighted by atomic mass is 16.6. The second-order valence-corrected chi connectivity index (χ2v) is 9.06. The second kappa shape index (κ2) is 10.6. The normalized spacial score (nSPS) is 14.4. The Bertz CT molecular complexity index is 1480. The van der Waals surface area contributed by atoms with Gasteiger partial charge < -0.3 is 14.3 Å². The van der Waals surface area contributed by atoms with Crippen LogP contribution >= 0.6 is 0 Å². The Morgan fingerprint density at radius 3 is 2.78 bits per heavy atom. The van der Waals surface area contributed by atoms with Crippen LogP contribution in [0, 0.1) is 12.5 Å². The van der Waals surface area contributed by atoms with Crippen molar-refractivity contribution < 1.29 is 19.1 Å². The first-order chi connectivity index (χ1) is 18.0. The maximum Gasteiger partial charge on any atom is 0.343 e. The standard InChI is InChI=1S/C27H26N6O4/c1-18(34)37-24-10-6-5-9-21(24)27(35)36-17-32-12-11-22-25(29-16-30-26(22)32)20-13-31-33(15-20)23(14-28-2)19-7-3-4-8-19/h5-6,9-13,15-16,19,23H,3-4,7-8,14,17H2,1H3/t23-/m1/s1. The van der Waals surface area contributed by atoms with Gasteiger partial charge >= 0.3 is 11.9 Å². The van der Waals surface area contributed by atoms with Crippen LogP contribution in [-0.4, -0.2) is 42.8 Å². The summed E-state index contributed by atoms with van der Waals surface area (Å²) < 4.78 is 14.2. The number of hydrogen-bond acceptors (Lipinski definition) is 7. The molecule has 0 unspecified atom stereocenters. The van der Waals surface area contributed by atoms with E-state index < -0.39 is 11.9 Å². The van der Waals surface area contributed by atoms with Crippen molar-refractivity contribution in [3.05, 3.63) is 72.2 Å². The summed E-state index contributed by atoms with van der Waals surface area (Å²) in [4.78, 5) is 36.6. The summed E-state index contributed by atoms with van der Waals surface area (Å²) in [5.74, 6) is -0.526. The molecule has 10 nitrogen and oxygen atoms in total. The van der Waals surface area contributed by atoms with Crippen LogP contribution in [0.5, 0.6) is 5.75 Å². The molecule has 188 valence electrons. The summed E-state index contributed by atoms with van der Waals surface area (Å²) in [6, 6.07) is 8.36. The van der Waals surface area contributed by atoms with E-state index in [1.54, 1.807) is 35.2 Å². The minimum Gasteiger partial charge on any atom is -0.440 e. The van der Waals surface area contributed by atoms with E-state index in [2.05, 4.69) is 19.9 Å². The third kappa shape index (κ3) is 5.07. The van der Waals surface area contributed by atoms with Crippen LogP contribution in [0.25, 0.3) is 27.1 Å². The maximum atomic E-state index is 12.7. The molecule has 0 spiro atoms. The zero-order chi connectivity index (χ0) is 25.8. The van der Waals surface area contributed by atoms with E-state index in [4.69, 9.17) is 16.0 Å². The summed E-state index contributed by atoms with van der Waals surface area (Å²) in [5, 5.41) is 5.39. The van der Waals surface area contributed by atoms with Gasteiger partial charge in [0.25, 0.3) is 0 Å². The lowest BCUT2D eigenvalue weighted by atomic mass is 9.98. The van der Waals surface area contributed by atoms with E-state index in [9.17, 15) is 9.59 Å². The van der Waals surface area contributed by atoms with Crippen molar-refractivity contribution in [2.45, 2.75) is 45.4 Å². The predicted octanol–water partition coefficient (Wildman–Crippen LogP) is 4.69. The molecule has 10 heteroatoms. The van der Waals surface area contributed by atoms with E-state index in [0.29, 0.717) is 18.1 Å². The summed E-state index contributed by atoms with van der Waals surface area (Å²) in [5.41, 5.74) is 2.32. The fourth-order valence-corrected chi connectivity index (χ4v) is 4.95. The molecule has 3 heterocycles. The van der Waals surface area contributed by atoms with Gasteiger partial charge in [-0.15, -0.1) is 0 Å². The highest BCUT2D eigenvalue weighted by Crippen LogP contribution is 2.35. The van der Waals surface area contributed by atoms with Crippen molar-refractivity contribution in [1.29, 1.82) is 0 Å². The van der Waals surface area contributed by atoms with Crippen LogP contribution in [0.2, 0.25) is 0 Å². The van der Waals surface area contributed by atoms with Gasteiger partial charge in [-0.25, -0.2) is 21.3 Å². The van der Waals surface area contributed by atoms with Crippen molar-refractivity contribution in [2.24, 2.45) is 5.92 Å². The number of rotatable bonds is 8. The van der Waals surface area contributed by atoms with Gasteiger partial charge in [0, 0.05) is 30.3 Å². The molecule has 0 bridgehead atoms. The van der Waals surface area contributed by atoms with Crippen LogP contribution < -0.4 is 4.74 Å². The lowest BCUT2D eigenvalue weighted by Gasteiger charge is -2.18. The van der Waals surface area contributed by atoms with Crippen molar-refractivity contribution >= 4 is 23.0 Å². The molecule has 4 aromatic rings. The Morgan fingerprint density at radius 2 is 2.00 bits per heavy atom. The summed E-state index contributed by atoms with van der Waals surface area (Å²) in [6.07, 6.45) is 11.6. The molecule has 1 fully saturated rings. The number of aromatic nitrogens is 5. The largest absolute Gasteiger partial charge is 0.440 e. The Balaban J connectivity index is 1.36. The highest BCUT2D eigenvalue weighted by Gasteiger charge is 2.29. The number of esters is 2. The molecular weight excluding hydrogens is 472 g/mol. The van der Waals surface area contributed by atoms with Crippen LogP contribution in [0.4, 0.5) is 0 Å². The van der Waals surface area contributed by atoms with Gasteiger partial charge in [0.2, 0.25) is 6.54 Å². The summed E-state index contributed by atoms with van der Waals surface area (Å²) in [6.45, 7) is 9.00. The number of fused-ring (bicyclic) bond motifs is 1. The van der Waals surface area contributed by atoms with Gasteiger partial charge in [0.1, 0.15) is 29.3 Å². The monoisotopic (exact) mass is 498 g/mol. The Kier molecular flexibility index (Phi) is 6.94. The van der Waals surface area contributed by atoms with E-state index in [0.717, 1.165) is 29.5 Å². The number of nitrogens with zero attached hydrogens (tertiary/aromatic N) is 6. The predicted molar refractivity (Wildman–Crippen MR) is 134 cm³/mol. The zero-order valence-electron chi connectivity index (χ0n) is 20.4. The molecule has 37 heavy (non-hydrogen) atoms. The maximum absolute atomic E-state index is 12.7.